The first-order chi connectivity index (χ1) is 45.4. The monoisotopic (exact) mass is 1380 g/mol. The van der Waals surface area contributed by atoms with E-state index in [0.29, 0.717) is 146 Å². The van der Waals surface area contributed by atoms with Crippen molar-refractivity contribution in [1.29, 1.82) is 0 Å². The van der Waals surface area contributed by atoms with Crippen LogP contribution in [0.25, 0.3) is 0 Å². The number of hydroxylamine groups is 2. The van der Waals surface area contributed by atoms with Crippen LogP contribution in [0.4, 0.5) is 11.4 Å². The van der Waals surface area contributed by atoms with E-state index in [9.17, 15) is 40.3 Å². The van der Waals surface area contributed by atoms with Gasteiger partial charge in [0.05, 0.1) is 193 Å². The van der Waals surface area contributed by atoms with Gasteiger partial charge in [-0.1, -0.05) is 6.08 Å². The van der Waals surface area contributed by atoms with Gasteiger partial charge in [0.25, 0.3) is 32.1 Å². The summed E-state index contributed by atoms with van der Waals surface area (Å²) in [6.45, 7) is 13.6. The Morgan fingerprint density at radius 1 is 0.500 bits per heavy atom. The number of hydrogen-bond donors (Lipinski definition) is 2. The normalized spacial score (nSPS) is 17.9. The zero-order valence-corrected chi connectivity index (χ0v) is 56.6. The summed E-state index contributed by atoms with van der Waals surface area (Å²) in [5.74, 6) is -1.87. The van der Waals surface area contributed by atoms with Crippen LogP contribution in [0.5, 0.6) is 0 Å². The Kier molecular flexibility index (Phi) is 37.5. The molecule has 0 bridgehead atoms. The molecule has 0 radical (unpaired) electrons. The molecule has 2 aromatic rings. The van der Waals surface area contributed by atoms with Gasteiger partial charge in [-0.05, 0) is 68.7 Å². The molecule has 3 aliphatic heterocycles. The Morgan fingerprint density at radius 2 is 0.883 bits per heavy atom. The molecule has 0 spiro atoms. The molecule has 1 saturated heterocycles. The smallest absolute Gasteiger partial charge is 0.335 e. The quantitative estimate of drug-likeness (QED) is 0.0413. The molecule has 29 nitrogen and oxygen atoms in total. The van der Waals surface area contributed by atoms with Crippen LogP contribution >= 0.6 is 0 Å². The maximum atomic E-state index is 12.8. The van der Waals surface area contributed by atoms with Crippen molar-refractivity contribution >= 4 is 55.1 Å². The number of amides is 2. The molecule has 0 aromatic heterocycles. The molecular weight excluding hydrogens is 1280 g/mol. The molecule has 2 N–H and O–H groups in total. The average molecular weight is 1380 g/mol. The highest BCUT2D eigenvalue weighted by atomic mass is 32.2. The van der Waals surface area contributed by atoms with E-state index < -0.39 is 48.8 Å². The molecule has 31 heteroatoms. The van der Waals surface area contributed by atoms with E-state index >= 15 is 0 Å². The van der Waals surface area contributed by atoms with Gasteiger partial charge in [-0.2, -0.15) is 21.4 Å². The number of anilines is 1. The zero-order chi connectivity index (χ0) is 67.9. The Morgan fingerprint density at radius 3 is 1.33 bits per heavy atom. The topological polar surface area (TPSA) is 326 Å². The standard InChI is InChI=1S/C63H97N3O26S2/c1-62(16-21-80-32-37-88-44-41-84-28-25-76-3)53-49-51(93(70,71)72)9-11-55(53)64(18-23-82-34-39-90-46-43-86-30-27-78-5)57(62)7-6-8-58-63(2,17-22-81-33-38-89-45-42-85-29-26-77-4)54-50-52(94(73,74)75)10-12-56(54)65(58)19-24-83-35-40-91-48-47-87-36-31-79-20-15-61(69)92-66-59(67)13-14-60(66)68/h6-12,49-50H,13-48H2,1-5H3,(H-,70,71,72,73,74,75)/p+1. The third-order valence-electron chi connectivity index (χ3n) is 15.2. The van der Waals surface area contributed by atoms with Crippen molar-refractivity contribution < 1.29 is 126 Å². The number of benzene rings is 2. The summed E-state index contributed by atoms with van der Waals surface area (Å²) in [6, 6.07) is 9.02. The Labute approximate surface area is 552 Å². The van der Waals surface area contributed by atoms with Gasteiger partial charge in [0, 0.05) is 88.4 Å². The third kappa shape index (κ3) is 27.2. The predicted octanol–water partition coefficient (Wildman–Crippen LogP) is 3.69. The second-order valence-corrected chi connectivity index (χ2v) is 24.6. The fraction of sp³-hybridized carbons (Fsp3) is 0.683. The van der Waals surface area contributed by atoms with Gasteiger partial charge in [0.15, 0.2) is 12.3 Å². The predicted molar refractivity (Wildman–Crippen MR) is 339 cm³/mol. The first-order valence-corrected chi connectivity index (χ1v) is 34.4. The van der Waals surface area contributed by atoms with E-state index in [1.165, 1.54) is 24.3 Å². The van der Waals surface area contributed by atoms with Gasteiger partial charge in [0.2, 0.25) is 5.69 Å². The van der Waals surface area contributed by atoms with E-state index in [4.69, 9.17) is 80.6 Å². The van der Waals surface area contributed by atoms with Crippen molar-refractivity contribution in [3.63, 3.8) is 0 Å². The van der Waals surface area contributed by atoms with Gasteiger partial charge in [-0.15, -0.1) is 5.06 Å². The molecule has 2 atom stereocenters. The van der Waals surface area contributed by atoms with E-state index in [2.05, 4.69) is 4.58 Å². The highest BCUT2D eigenvalue weighted by molar-refractivity contribution is 7.86. The first-order valence-electron chi connectivity index (χ1n) is 31.5. The Bertz CT molecular complexity index is 2900. The largest absolute Gasteiger partial charge is 0.382 e. The highest BCUT2D eigenvalue weighted by Crippen LogP contribution is 2.51. The van der Waals surface area contributed by atoms with Crippen molar-refractivity contribution in [2.45, 2.75) is 66.6 Å². The van der Waals surface area contributed by atoms with Crippen LogP contribution in [0, 0.1) is 0 Å². The number of fused-ring (bicyclic) bond motifs is 2. The lowest BCUT2D eigenvalue weighted by atomic mass is 9.76. The number of rotatable bonds is 56. The lowest BCUT2D eigenvalue weighted by Crippen LogP contribution is -2.34. The minimum absolute atomic E-state index is 0.00456. The van der Waals surface area contributed by atoms with Crippen molar-refractivity contribution in [3.05, 3.63) is 71.5 Å². The van der Waals surface area contributed by atoms with E-state index in [0.717, 1.165) is 11.4 Å². The third-order valence-corrected chi connectivity index (χ3v) is 16.9. The molecule has 0 saturated carbocycles. The molecule has 2 unspecified atom stereocenters. The summed E-state index contributed by atoms with van der Waals surface area (Å²) in [6.07, 6.45) is 6.36. The highest BCUT2D eigenvalue weighted by Gasteiger charge is 2.49. The molecule has 94 heavy (non-hydrogen) atoms. The minimum Gasteiger partial charge on any atom is -0.382 e. The molecule has 532 valence electrons. The number of hydrogen-bond acceptors (Lipinski definition) is 25. The number of carbonyl (C=O) groups is 3. The van der Waals surface area contributed by atoms with Crippen LogP contribution < -0.4 is 4.90 Å². The summed E-state index contributed by atoms with van der Waals surface area (Å²) in [5, 5.41) is 0.492. The van der Waals surface area contributed by atoms with Gasteiger partial charge in [-0.3, -0.25) is 18.7 Å². The summed E-state index contributed by atoms with van der Waals surface area (Å²) in [5.41, 5.74) is 2.24. The van der Waals surface area contributed by atoms with Crippen LogP contribution in [0.1, 0.15) is 57.1 Å². The first kappa shape index (κ1) is 79.9. The molecule has 2 aromatic carbocycles. The van der Waals surface area contributed by atoms with Gasteiger partial charge >= 0.3 is 5.97 Å². The van der Waals surface area contributed by atoms with Crippen molar-refractivity contribution in [2.75, 3.05) is 231 Å². The molecule has 1 fully saturated rings. The SMILES string of the molecule is COCCOCCOCCOCC[N+]1=C(C=CC=C2N(CCOCCOCCOCCOCCC(=O)ON3C(=O)CCC3=O)c3ccc(S(=O)(=O)O)cc3C2(C)CCOCCOCCOCCOC)C(C)(CCOCCOCCOCCOC)c2cc(S(=O)(=O)O)ccc21. The lowest BCUT2D eigenvalue weighted by molar-refractivity contribution is -0.442. The number of methoxy groups -OCH3 is 3. The lowest BCUT2D eigenvalue weighted by Gasteiger charge is -2.30. The van der Waals surface area contributed by atoms with Crippen LogP contribution in [0.2, 0.25) is 0 Å². The van der Waals surface area contributed by atoms with E-state index in [-0.39, 0.29) is 128 Å². The van der Waals surface area contributed by atoms with Gasteiger partial charge in [-0.25, -0.2) is 4.79 Å². The second kappa shape index (κ2) is 44.2. The molecule has 5 rings (SSSR count). The van der Waals surface area contributed by atoms with Crippen LogP contribution in [-0.2, 0) is 126 Å². The summed E-state index contributed by atoms with van der Waals surface area (Å²) >= 11 is 0. The molecule has 3 aliphatic rings. The molecular formula is C63H98N3O26S2+. The minimum atomic E-state index is -4.65. The number of imide groups is 1. The molecule has 2 amide bonds. The second-order valence-electron chi connectivity index (χ2n) is 21.8. The van der Waals surface area contributed by atoms with E-state index in [1.54, 1.807) is 33.5 Å². The maximum Gasteiger partial charge on any atom is 0.335 e. The van der Waals surface area contributed by atoms with E-state index in [1.807, 2.05) is 37.0 Å². The average Bonchev–Trinajstić information content (AvgIpc) is 1.59. The zero-order valence-electron chi connectivity index (χ0n) is 55.0. The van der Waals surface area contributed by atoms with Gasteiger partial charge < -0.3 is 85.5 Å². The summed E-state index contributed by atoms with van der Waals surface area (Å²) in [7, 11) is -4.49. The Balaban J connectivity index is 1.36. The van der Waals surface area contributed by atoms with Crippen LogP contribution in [0.15, 0.2) is 70.1 Å². The van der Waals surface area contributed by atoms with Crippen molar-refractivity contribution in [3.8, 4) is 0 Å². The van der Waals surface area contributed by atoms with Crippen LogP contribution in [-0.4, -0.2) is 285 Å². The molecule has 0 aliphatic carbocycles. The van der Waals surface area contributed by atoms with Gasteiger partial charge in [0.1, 0.15) is 6.61 Å². The summed E-state index contributed by atoms with van der Waals surface area (Å²) in [4.78, 5) is 41.7. The van der Waals surface area contributed by atoms with Crippen molar-refractivity contribution in [1.82, 2.24) is 5.06 Å². The summed E-state index contributed by atoms with van der Waals surface area (Å²) < 4.78 is 164. The molecule has 3 heterocycles. The Hall–Kier alpha value is -4.82. The maximum absolute atomic E-state index is 12.8. The van der Waals surface area contributed by atoms with Crippen molar-refractivity contribution in [2.24, 2.45) is 0 Å². The number of carbonyl (C=O) groups excluding carboxylic acids is 3. The number of ether oxygens (including phenoxy) is 16. The van der Waals surface area contributed by atoms with Crippen LogP contribution in [0.3, 0.4) is 0 Å². The fourth-order valence-corrected chi connectivity index (χ4v) is 11.3. The fourth-order valence-electron chi connectivity index (χ4n) is 10.3. The number of allylic oxidation sites excluding steroid dienone is 4. The number of nitrogens with zero attached hydrogens (tertiary/aromatic N) is 3.